The zero-order valence-electron chi connectivity index (χ0n) is 19.1. The number of phenolic OH excluding ortho intramolecular Hbond substituents is 1. The van der Waals surface area contributed by atoms with Crippen molar-refractivity contribution in [2.24, 2.45) is 0 Å². The summed E-state index contributed by atoms with van der Waals surface area (Å²) in [6.45, 7) is 2.07. The summed E-state index contributed by atoms with van der Waals surface area (Å²) in [6, 6.07) is 33.1. The molecule has 3 nitrogen and oxygen atoms in total. The van der Waals surface area contributed by atoms with Gasteiger partial charge in [-0.3, -0.25) is 4.79 Å². The second-order valence-electron chi connectivity index (χ2n) is 8.51. The fraction of sp³-hybridized carbons (Fsp3) is 0.129. The predicted octanol–water partition coefficient (Wildman–Crippen LogP) is 7.85. The quantitative estimate of drug-likeness (QED) is 0.213. The van der Waals surface area contributed by atoms with Gasteiger partial charge in [0.25, 0.3) is 0 Å². The van der Waals surface area contributed by atoms with E-state index in [9.17, 15) is 9.90 Å². The van der Waals surface area contributed by atoms with Gasteiger partial charge in [-0.1, -0.05) is 104 Å². The Morgan fingerprint density at radius 2 is 1.32 bits per heavy atom. The summed E-state index contributed by atoms with van der Waals surface area (Å²) in [6.07, 6.45) is 1.56. The van der Waals surface area contributed by atoms with E-state index in [2.05, 4.69) is 6.92 Å². The maximum atomic E-state index is 13.5. The van der Waals surface area contributed by atoms with Crippen LogP contribution in [-0.4, -0.2) is 11.1 Å². The molecule has 0 saturated heterocycles. The molecule has 3 heteroatoms. The van der Waals surface area contributed by atoms with Gasteiger partial charge in [-0.15, -0.1) is 0 Å². The van der Waals surface area contributed by atoms with Gasteiger partial charge in [0.15, 0.2) is 0 Å². The van der Waals surface area contributed by atoms with Crippen LogP contribution >= 0.6 is 0 Å². The molecular weight excluding hydrogens is 420 g/mol. The van der Waals surface area contributed by atoms with E-state index in [0.29, 0.717) is 17.7 Å². The van der Waals surface area contributed by atoms with E-state index in [1.54, 1.807) is 6.07 Å². The molecule has 34 heavy (non-hydrogen) atoms. The molecule has 0 fully saturated rings. The first-order chi connectivity index (χ1) is 16.7. The molecule has 0 amide bonds. The van der Waals surface area contributed by atoms with Gasteiger partial charge in [-0.2, -0.15) is 0 Å². The van der Waals surface area contributed by atoms with Gasteiger partial charge in [0.1, 0.15) is 11.5 Å². The van der Waals surface area contributed by atoms with Crippen LogP contribution in [0.15, 0.2) is 103 Å². The lowest BCUT2D eigenvalue weighted by Gasteiger charge is -2.19. The van der Waals surface area contributed by atoms with E-state index in [1.807, 2.05) is 97.1 Å². The standard InChI is InChI=1S/C31H26O3/c1-2-10-26(21-11-4-3-5-12-21)31(33)34-28-20-18-23-14-7-9-16-25(23)30(28)29-24-15-8-6-13-22(24)17-19-27(29)32/h3-9,11-20,26,32H,2,10H2,1H3/t26-/m1/s1. The Hall–Kier alpha value is -4.11. The lowest BCUT2D eigenvalue weighted by molar-refractivity contribution is -0.136. The van der Waals surface area contributed by atoms with Gasteiger partial charge in [0.2, 0.25) is 0 Å². The lowest BCUT2D eigenvalue weighted by atomic mass is 9.92. The number of esters is 1. The van der Waals surface area contributed by atoms with Crippen molar-refractivity contribution < 1.29 is 14.6 Å². The maximum absolute atomic E-state index is 13.5. The van der Waals surface area contributed by atoms with Crippen molar-refractivity contribution >= 4 is 27.5 Å². The number of rotatable bonds is 6. The average Bonchev–Trinajstić information content (AvgIpc) is 2.88. The van der Waals surface area contributed by atoms with Crippen LogP contribution in [0.2, 0.25) is 0 Å². The molecule has 0 saturated carbocycles. The lowest BCUT2D eigenvalue weighted by Crippen LogP contribution is -2.19. The highest BCUT2D eigenvalue weighted by Gasteiger charge is 2.25. The number of phenols is 1. The zero-order valence-corrected chi connectivity index (χ0v) is 19.1. The molecule has 0 spiro atoms. The van der Waals surface area contributed by atoms with Crippen molar-refractivity contribution in [2.75, 3.05) is 0 Å². The molecule has 0 unspecified atom stereocenters. The fourth-order valence-electron chi connectivity index (χ4n) is 4.69. The SMILES string of the molecule is CCC[C@@H](C(=O)Oc1ccc2ccccc2c1-c1c(O)ccc2ccccc12)c1ccccc1. The number of hydrogen-bond donors (Lipinski definition) is 1. The Bertz CT molecular complexity index is 1470. The number of benzene rings is 5. The second-order valence-corrected chi connectivity index (χ2v) is 8.51. The highest BCUT2D eigenvalue weighted by atomic mass is 16.5. The highest BCUT2D eigenvalue weighted by molar-refractivity contribution is 6.10. The van der Waals surface area contributed by atoms with Crippen molar-refractivity contribution in [1.82, 2.24) is 0 Å². The third-order valence-corrected chi connectivity index (χ3v) is 6.32. The normalized spacial score (nSPS) is 12.0. The number of carbonyl (C=O) groups is 1. The summed E-state index contributed by atoms with van der Waals surface area (Å²) in [4.78, 5) is 13.5. The van der Waals surface area contributed by atoms with E-state index in [0.717, 1.165) is 39.1 Å². The topological polar surface area (TPSA) is 46.5 Å². The number of hydrogen-bond acceptors (Lipinski definition) is 3. The number of ether oxygens (including phenoxy) is 1. The van der Waals surface area contributed by atoms with Gasteiger partial charge < -0.3 is 9.84 Å². The molecule has 5 aromatic rings. The van der Waals surface area contributed by atoms with Crippen molar-refractivity contribution in [3.05, 3.63) is 109 Å². The first-order valence-electron chi connectivity index (χ1n) is 11.7. The van der Waals surface area contributed by atoms with Crippen molar-refractivity contribution in [2.45, 2.75) is 25.7 Å². The third-order valence-electron chi connectivity index (χ3n) is 6.32. The van der Waals surface area contributed by atoms with E-state index in [1.165, 1.54) is 0 Å². The van der Waals surface area contributed by atoms with E-state index < -0.39 is 0 Å². The minimum Gasteiger partial charge on any atom is -0.507 e. The highest BCUT2D eigenvalue weighted by Crippen LogP contribution is 2.45. The largest absolute Gasteiger partial charge is 0.507 e. The van der Waals surface area contributed by atoms with Gasteiger partial charge in [-0.05, 0) is 45.7 Å². The predicted molar refractivity (Wildman–Crippen MR) is 138 cm³/mol. The number of fused-ring (bicyclic) bond motifs is 2. The summed E-state index contributed by atoms with van der Waals surface area (Å²) in [5.74, 6) is -0.0381. The Labute approximate surface area is 199 Å². The molecule has 0 aliphatic carbocycles. The summed E-state index contributed by atoms with van der Waals surface area (Å²) in [7, 11) is 0. The molecule has 0 aromatic heterocycles. The van der Waals surface area contributed by atoms with Crippen LogP contribution in [-0.2, 0) is 4.79 Å². The number of aromatic hydroxyl groups is 1. The first kappa shape index (κ1) is 21.7. The van der Waals surface area contributed by atoms with Crippen LogP contribution in [0.5, 0.6) is 11.5 Å². The summed E-state index contributed by atoms with van der Waals surface area (Å²) >= 11 is 0. The minimum absolute atomic E-state index is 0.153. The van der Waals surface area contributed by atoms with E-state index >= 15 is 0 Å². The van der Waals surface area contributed by atoms with Crippen LogP contribution < -0.4 is 4.74 Å². The van der Waals surface area contributed by atoms with Crippen molar-refractivity contribution in [3.8, 4) is 22.6 Å². The first-order valence-corrected chi connectivity index (χ1v) is 11.7. The van der Waals surface area contributed by atoms with E-state index in [-0.39, 0.29) is 17.6 Å². The van der Waals surface area contributed by atoms with Crippen molar-refractivity contribution in [3.63, 3.8) is 0 Å². The average molecular weight is 447 g/mol. The third kappa shape index (κ3) is 4.01. The van der Waals surface area contributed by atoms with Crippen LogP contribution in [0.4, 0.5) is 0 Å². The van der Waals surface area contributed by atoms with E-state index in [4.69, 9.17) is 4.74 Å². The summed E-state index contributed by atoms with van der Waals surface area (Å²) in [5, 5.41) is 14.9. The van der Waals surface area contributed by atoms with Gasteiger partial charge in [0.05, 0.1) is 5.92 Å². The Morgan fingerprint density at radius 3 is 2.00 bits per heavy atom. The van der Waals surface area contributed by atoms with Crippen LogP contribution in [0, 0.1) is 0 Å². The van der Waals surface area contributed by atoms with Gasteiger partial charge in [0, 0.05) is 11.1 Å². The molecule has 5 rings (SSSR count). The van der Waals surface area contributed by atoms with Gasteiger partial charge in [-0.25, -0.2) is 0 Å². The summed E-state index contributed by atoms with van der Waals surface area (Å²) in [5.41, 5.74) is 2.35. The molecule has 0 aliphatic rings. The Morgan fingerprint density at radius 1 is 0.735 bits per heavy atom. The number of carbonyl (C=O) groups excluding carboxylic acids is 1. The summed E-state index contributed by atoms with van der Waals surface area (Å²) < 4.78 is 6.13. The zero-order chi connectivity index (χ0) is 23.5. The molecule has 0 heterocycles. The molecule has 1 atom stereocenters. The van der Waals surface area contributed by atoms with Crippen LogP contribution in [0.3, 0.4) is 0 Å². The van der Waals surface area contributed by atoms with Crippen molar-refractivity contribution in [1.29, 1.82) is 0 Å². The Balaban J connectivity index is 1.69. The Kier molecular flexibility index (Phi) is 6.01. The van der Waals surface area contributed by atoms with Crippen LogP contribution in [0.25, 0.3) is 32.7 Å². The maximum Gasteiger partial charge on any atom is 0.318 e. The molecule has 168 valence electrons. The molecule has 0 aliphatic heterocycles. The molecule has 5 aromatic carbocycles. The molecule has 0 radical (unpaired) electrons. The molecular formula is C31H26O3. The fourth-order valence-corrected chi connectivity index (χ4v) is 4.69. The smallest absolute Gasteiger partial charge is 0.318 e. The van der Waals surface area contributed by atoms with Crippen LogP contribution in [0.1, 0.15) is 31.2 Å². The second kappa shape index (κ2) is 9.40. The minimum atomic E-state index is -0.355. The van der Waals surface area contributed by atoms with Gasteiger partial charge >= 0.3 is 5.97 Å². The monoisotopic (exact) mass is 446 g/mol. The molecule has 1 N–H and O–H groups in total. The molecule has 0 bridgehead atoms.